The van der Waals surface area contributed by atoms with Gasteiger partial charge in [0.1, 0.15) is 18.0 Å². The lowest BCUT2D eigenvalue weighted by Crippen LogP contribution is -2.28. The molecule has 1 aromatic carbocycles. The highest BCUT2D eigenvalue weighted by atomic mass is 19.1. The van der Waals surface area contributed by atoms with Crippen molar-refractivity contribution in [2.24, 2.45) is 5.73 Å². The van der Waals surface area contributed by atoms with Crippen molar-refractivity contribution in [1.29, 1.82) is 5.26 Å². The number of halogens is 1. The van der Waals surface area contributed by atoms with Crippen LogP contribution in [0.3, 0.4) is 0 Å². The number of carbonyl (C=O) groups is 1. The minimum Gasteiger partial charge on any atom is -0.481 e. The molecular formula is C18H19FN4O3. The van der Waals surface area contributed by atoms with Crippen molar-refractivity contribution in [3.05, 3.63) is 35.6 Å². The Kier molecular flexibility index (Phi) is 5.07. The van der Waals surface area contributed by atoms with Crippen LogP contribution in [-0.4, -0.2) is 29.1 Å². The minimum absolute atomic E-state index is 0.00655. The number of hydrogen-bond acceptors (Lipinski definition) is 5. The molecule has 1 aliphatic rings. The van der Waals surface area contributed by atoms with Gasteiger partial charge in [0.15, 0.2) is 0 Å². The minimum atomic E-state index is -0.754. The molecule has 1 aromatic heterocycles. The third-order valence-electron chi connectivity index (χ3n) is 4.57. The van der Waals surface area contributed by atoms with Crippen LogP contribution in [0.1, 0.15) is 37.3 Å². The fraction of sp³-hybridized carbons (Fsp3) is 0.389. The Hall–Kier alpha value is -3.08. The summed E-state index contributed by atoms with van der Waals surface area (Å²) in [5, 5.41) is 13.4. The molecule has 8 heteroatoms. The number of nitrogens with two attached hydrogens (primary N) is 1. The molecule has 0 radical (unpaired) electrons. The number of carbonyl (C=O) groups excluding carboxylic acids is 1. The van der Waals surface area contributed by atoms with E-state index < -0.39 is 11.9 Å². The van der Waals surface area contributed by atoms with Gasteiger partial charge in [-0.1, -0.05) is 6.07 Å². The smallest absolute Gasteiger partial charge is 0.404 e. The summed E-state index contributed by atoms with van der Waals surface area (Å²) in [7, 11) is 1.55. The molecule has 3 rings (SSSR count). The number of hydrogen-bond donors (Lipinski definition) is 1. The summed E-state index contributed by atoms with van der Waals surface area (Å²) in [5.74, 6) is -0.00772. The van der Waals surface area contributed by atoms with Gasteiger partial charge < -0.3 is 15.2 Å². The summed E-state index contributed by atoms with van der Waals surface area (Å²) in [6.07, 6.45) is 1.98. The van der Waals surface area contributed by atoms with Gasteiger partial charge in [-0.05, 0) is 37.8 Å². The zero-order valence-corrected chi connectivity index (χ0v) is 14.3. The van der Waals surface area contributed by atoms with E-state index in [4.69, 9.17) is 20.5 Å². The number of rotatable bonds is 4. The first-order valence-electron chi connectivity index (χ1n) is 8.31. The Morgan fingerprint density at radius 1 is 1.35 bits per heavy atom. The Balaban J connectivity index is 1.81. The summed E-state index contributed by atoms with van der Waals surface area (Å²) < 4.78 is 26.1. The average Bonchev–Trinajstić information content (AvgIpc) is 3.06. The third kappa shape index (κ3) is 3.61. The standard InChI is InChI=1S/C18H19FN4O3/c1-25-17-9-16(11-2-3-12(10-20)15(19)8-11)22-23(17)13-4-6-14(7-5-13)26-18(21)24/h2-3,8-9,13-14H,4-7H2,1H3,(H2,21,24). The molecule has 7 nitrogen and oxygen atoms in total. The lowest BCUT2D eigenvalue weighted by Gasteiger charge is -2.28. The summed E-state index contributed by atoms with van der Waals surface area (Å²) in [5.41, 5.74) is 6.20. The topological polar surface area (TPSA) is 103 Å². The maximum absolute atomic E-state index is 13.9. The highest BCUT2D eigenvalue weighted by Crippen LogP contribution is 2.34. The highest BCUT2D eigenvalue weighted by Gasteiger charge is 2.27. The van der Waals surface area contributed by atoms with Gasteiger partial charge in [-0.3, -0.25) is 0 Å². The van der Waals surface area contributed by atoms with E-state index in [0.717, 1.165) is 12.8 Å². The zero-order chi connectivity index (χ0) is 18.7. The maximum atomic E-state index is 13.9. The zero-order valence-electron chi connectivity index (χ0n) is 14.3. The van der Waals surface area contributed by atoms with Gasteiger partial charge in [0.2, 0.25) is 5.88 Å². The van der Waals surface area contributed by atoms with Crippen molar-refractivity contribution in [3.63, 3.8) is 0 Å². The first kappa shape index (κ1) is 17.7. The summed E-state index contributed by atoms with van der Waals surface area (Å²) in [4.78, 5) is 10.9. The number of aromatic nitrogens is 2. The van der Waals surface area contributed by atoms with Crippen LogP contribution >= 0.6 is 0 Å². The summed E-state index contributed by atoms with van der Waals surface area (Å²) >= 11 is 0. The van der Waals surface area contributed by atoms with Crippen LogP contribution < -0.4 is 10.5 Å². The number of methoxy groups -OCH3 is 1. The molecule has 2 N–H and O–H groups in total. The SMILES string of the molecule is COc1cc(-c2ccc(C#N)c(F)c2)nn1C1CCC(OC(N)=O)CC1. The third-order valence-corrected chi connectivity index (χ3v) is 4.57. The monoisotopic (exact) mass is 358 g/mol. The quantitative estimate of drug-likeness (QED) is 0.904. The van der Waals surface area contributed by atoms with Gasteiger partial charge in [-0.2, -0.15) is 10.4 Å². The Bertz CT molecular complexity index is 851. The Labute approximate surface area is 150 Å². The predicted molar refractivity (Wildman–Crippen MR) is 90.8 cm³/mol. The summed E-state index contributed by atoms with van der Waals surface area (Å²) in [6, 6.07) is 8.02. The molecule has 1 saturated carbocycles. The first-order valence-corrected chi connectivity index (χ1v) is 8.31. The molecule has 1 fully saturated rings. The molecule has 26 heavy (non-hydrogen) atoms. The van der Waals surface area contributed by atoms with Gasteiger partial charge in [0.25, 0.3) is 0 Å². The molecule has 136 valence electrons. The van der Waals surface area contributed by atoms with Crippen molar-refractivity contribution < 1.29 is 18.7 Å². The van der Waals surface area contributed by atoms with Crippen LogP contribution in [0, 0.1) is 17.1 Å². The maximum Gasteiger partial charge on any atom is 0.404 e. The summed E-state index contributed by atoms with van der Waals surface area (Å²) in [6.45, 7) is 0. The van der Waals surface area contributed by atoms with Crippen LogP contribution in [-0.2, 0) is 4.74 Å². The number of nitrogens with zero attached hydrogens (tertiary/aromatic N) is 3. The normalized spacial score (nSPS) is 19.6. The first-order chi connectivity index (χ1) is 12.5. The molecule has 0 bridgehead atoms. The van der Waals surface area contributed by atoms with Crippen molar-refractivity contribution >= 4 is 6.09 Å². The Morgan fingerprint density at radius 3 is 2.65 bits per heavy atom. The van der Waals surface area contributed by atoms with Gasteiger partial charge in [-0.25, -0.2) is 13.9 Å². The van der Waals surface area contributed by atoms with Crippen LogP contribution in [0.2, 0.25) is 0 Å². The predicted octanol–water partition coefficient (Wildman–Crippen LogP) is 3.15. The molecular weight excluding hydrogens is 339 g/mol. The number of nitriles is 1. The van der Waals surface area contributed by atoms with E-state index in [1.54, 1.807) is 30.0 Å². The molecule has 0 spiro atoms. The van der Waals surface area contributed by atoms with E-state index in [2.05, 4.69) is 5.10 Å². The second-order valence-electron chi connectivity index (χ2n) is 6.19. The van der Waals surface area contributed by atoms with Gasteiger partial charge in [0, 0.05) is 11.6 Å². The molecule has 2 aromatic rings. The van der Waals surface area contributed by atoms with E-state index in [-0.39, 0.29) is 17.7 Å². The molecule has 0 saturated heterocycles. The van der Waals surface area contributed by atoms with Crippen LogP contribution in [0.4, 0.5) is 9.18 Å². The molecule has 1 heterocycles. The molecule has 0 atom stereocenters. The Morgan fingerprint density at radius 2 is 2.08 bits per heavy atom. The fourth-order valence-electron chi connectivity index (χ4n) is 3.27. The molecule has 0 unspecified atom stereocenters. The highest BCUT2D eigenvalue weighted by molar-refractivity contribution is 5.64. The second kappa shape index (κ2) is 7.44. The number of primary amides is 1. The van der Waals surface area contributed by atoms with Gasteiger partial charge >= 0.3 is 6.09 Å². The van der Waals surface area contributed by atoms with Gasteiger partial charge in [0.05, 0.1) is 24.4 Å². The lowest BCUT2D eigenvalue weighted by atomic mass is 9.93. The van der Waals surface area contributed by atoms with E-state index in [1.807, 2.05) is 0 Å². The van der Waals surface area contributed by atoms with E-state index in [0.29, 0.717) is 30.0 Å². The lowest BCUT2D eigenvalue weighted by molar-refractivity contribution is 0.0697. The molecule has 1 aliphatic carbocycles. The number of ether oxygens (including phenoxy) is 2. The van der Waals surface area contributed by atoms with Crippen molar-refractivity contribution in [2.75, 3.05) is 7.11 Å². The number of amides is 1. The van der Waals surface area contributed by atoms with Gasteiger partial charge in [-0.15, -0.1) is 0 Å². The van der Waals surface area contributed by atoms with E-state index >= 15 is 0 Å². The second-order valence-corrected chi connectivity index (χ2v) is 6.19. The number of benzene rings is 1. The van der Waals surface area contributed by atoms with Crippen LogP contribution in [0.5, 0.6) is 5.88 Å². The van der Waals surface area contributed by atoms with Crippen LogP contribution in [0.25, 0.3) is 11.3 Å². The molecule has 1 amide bonds. The fourth-order valence-corrected chi connectivity index (χ4v) is 3.27. The average molecular weight is 358 g/mol. The van der Waals surface area contributed by atoms with E-state index in [9.17, 15) is 9.18 Å². The largest absolute Gasteiger partial charge is 0.481 e. The van der Waals surface area contributed by atoms with Crippen molar-refractivity contribution in [1.82, 2.24) is 9.78 Å². The van der Waals surface area contributed by atoms with Crippen molar-refractivity contribution in [3.8, 4) is 23.2 Å². The van der Waals surface area contributed by atoms with E-state index in [1.165, 1.54) is 12.1 Å². The molecule has 0 aliphatic heterocycles. The van der Waals surface area contributed by atoms with Crippen molar-refractivity contribution in [2.45, 2.75) is 37.8 Å². The van der Waals surface area contributed by atoms with Crippen LogP contribution in [0.15, 0.2) is 24.3 Å².